The Kier molecular flexibility index (Phi) is 3.77. The van der Waals surface area contributed by atoms with Crippen LogP contribution >= 0.6 is 0 Å². The molecule has 6 atom stereocenters. The van der Waals surface area contributed by atoms with Crippen molar-refractivity contribution < 1.29 is 13.3 Å². The molecule has 0 aromatic carbocycles. The van der Waals surface area contributed by atoms with Crippen molar-refractivity contribution in [3.8, 4) is 0 Å². The third-order valence-corrected chi connectivity index (χ3v) is 9.97. The van der Waals surface area contributed by atoms with Gasteiger partial charge in [0, 0.05) is 11.8 Å². The summed E-state index contributed by atoms with van der Waals surface area (Å²) >= 11 is 0. The van der Waals surface area contributed by atoms with E-state index in [1.54, 1.807) is 0 Å². The first kappa shape index (κ1) is 17.1. The molecule has 0 aromatic heterocycles. The molecule has 4 aliphatic rings. The Labute approximate surface area is 148 Å². The van der Waals surface area contributed by atoms with E-state index in [2.05, 4.69) is 34.6 Å². The van der Waals surface area contributed by atoms with Crippen LogP contribution in [-0.2, 0) is 13.3 Å². The summed E-state index contributed by atoms with van der Waals surface area (Å²) in [5, 5.41) is 0. The summed E-state index contributed by atoms with van der Waals surface area (Å²) in [6.45, 7) is 12.3. The minimum atomic E-state index is -2.23. The van der Waals surface area contributed by atoms with Crippen LogP contribution in [0.25, 0.3) is 0 Å². The highest BCUT2D eigenvalue weighted by Gasteiger charge is 2.68. The first-order valence-corrected chi connectivity index (χ1v) is 11.3. The van der Waals surface area contributed by atoms with E-state index in [-0.39, 0.29) is 5.41 Å². The zero-order valence-corrected chi connectivity index (χ0v) is 17.1. The van der Waals surface area contributed by atoms with E-state index >= 15 is 0 Å². The summed E-state index contributed by atoms with van der Waals surface area (Å²) in [6.07, 6.45) is 8.54. The lowest BCUT2D eigenvalue weighted by Gasteiger charge is -2.63. The Morgan fingerprint density at radius 1 is 0.875 bits per heavy atom. The van der Waals surface area contributed by atoms with E-state index in [0.29, 0.717) is 17.3 Å². The zero-order valence-electron chi connectivity index (χ0n) is 16.1. The molecule has 0 N–H and O–H groups in total. The van der Waals surface area contributed by atoms with Gasteiger partial charge in [0.05, 0.1) is 0 Å². The minimum Gasteiger partial charge on any atom is -0.458 e. The van der Waals surface area contributed by atoms with Crippen molar-refractivity contribution >= 4 is 9.17 Å². The second-order valence-corrected chi connectivity index (χ2v) is 11.1. The molecular weight excluding hydrogens is 316 g/mol. The Morgan fingerprint density at radius 2 is 1.54 bits per heavy atom. The first-order chi connectivity index (χ1) is 11.2. The summed E-state index contributed by atoms with van der Waals surface area (Å²) in [5.41, 5.74) is 0.464. The van der Waals surface area contributed by atoms with Crippen molar-refractivity contribution in [2.75, 3.05) is 0 Å². The lowest BCUT2D eigenvalue weighted by atomic mass is 9.47. The smallest absolute Gasteiger partial charge is 0.458 e. The van der Waals surface area contributed by atoms with Gasteiger partial charge >= 0.3 is 9.17 Å². The van der Waals surface area contributed by atoms with Gasteiger partial charge in [-0.05, 0) is 67.1 Å². The quantitative estimate of drug-likeness (QED) is 0.572. The fourth-order valence-electron chi connectivity index (χ4n) is 7.21. The van der Waals surface area contributed by atoms with Crippen LogP contribution in [0.15, 0.2) is 0 Å². The molecule has 4 fully saturated rings. The maximum absolute atomic E-state index is 11.7. The summed E-state index contributed by atoms with van der Waals surface area (Å²) in [5.74, 6) is 3.20. The summed E-state index contributed by atoms with van der Waals surface area (Å²) in [7, 11) is -2.23. The Balaban J connectivity index is 1.71. The Bertz CT molecular complexity index is 537. The molecule has 0 radical (unpaired) electrons. The van der Waals surface area contributed by atoms with E-state index in [1.165, 1.54) is 25.7 Å². The van der Waals surface area contributed by atoms with Crippen LogP contribution < -0.4 is 0 Å². The maximum Gasteiger partial charge on any atom is 0.773 e. The highest BCUT2D eigenvalue weighted by molar-refractivity contribution is 6.29. The zero-order chi connectivity index (χ0) is 17.3. The number of hydrogen-bond donors (Lipinski definition) is 0. The van der Waals surface area contributed by atoms with Gasteiger partial charge in [-0.25, -0.2) is 0 Å². The lowest BCUT2D eigenvalue weighted by molar-refractivity contribution is -0.330. The van der Waals surface area contributed by atoms with Gasteiger partial charge in [-0.3, -0.25) is 4.46 Å². The molecule has 3 saturated carbocycles. The maximum atomic E-state index is 11.7. The van der Waals surface area contributed by atoms with Crippen molar-refractivity contribution in [2.45, 2.75) is 85.4 Å². The third-order valence-electron chi connectivity index (χ3n) is 8.98. The van der Waals surface area contributed by atoms with Gasteiger partial charge in [0.15, 0.2) is 0 Å². The van der Waals surface area contributed by atoms with Gasteiger partial charge in [0.25, 0.3) is 0 Å². The molecule has 4 rings (SSSR count). The SMILES string of the molecule is C[C@@H]1CCC2(O[Si](=O)O2)[C@@]2(C)CC[C@H]3[C@H](C)CC[C@@H](C[C@H]12)C3(C)C. The molecule has 24 heavy (non-hydrogen) atoms. The fourth-order valence-corrected chi connectivity index (χ4v) is 8.43. The van der Waals surface area contributed by atoms with Gasteiger partial charge < -0.3 is 8.85 Å². The largest absolute Gasteiger partial charge is 0.773 e. The van der Waals surface area contributed by atoms with Crippen LogP contribution in [0.1, 0.15) is 79.6 Å². The second kappa shape index (κ2) is 5.31. The van der Waals surface area contributed by atoms with Crippen molar-refractivity contribution in [1.29, 1.82) is 0 Å². The van der Waals surface area contributed by atoms with Crippen molar-refractivity contribution in [3.63, 3.8) is 0 Å². The summed E-state index contributed by atoms with van der Waals surface area (Å²) in [4.78, 5) is 0. The van der Waals surface area contributed by atoms with Crippen LogP contribution in [0, 0.1) is 40.4 Å². The van der Waals surface area contributed by atoms with E-state index in [1.807, 2.05) is 0 Å². The molecule has 4 heteroatoms. The molecule has 0 amide bonds. The highest BCUT2D eigenvalue weighted by atomic mass is 28.3. The van der Waals surface area contributed by atoms with Crippen molar-refractivity contribution in [2.24, 2.45) is 40.4 Å². The van der Waals surface area contributed by atoms with E-state index in [4.69, 9.17) is 8.85 Å². The molecule has 136 valence electrons. The van der Waals surface area contributed by atoms with E-state index < -0.39 is 15.0 Å². The molecule has 0 aromatic rings. The summed E-state index contributed by atoms with van der Waals surface area (Å²) in [6, 6.07) is 0. The summed E-state index contributed by atoms with van der Waals surface area (Å²) < 4.78 is 23.5. The van der Waals surface area contributed by atoms with Crippen LogP contribution in [0.4, 0.5) is 0 Å². The van der Waals surface area contributed by atoms with Crippen LogP contribution in [0.2, 0.25) is 0 Å². The fraction of sp³-hybridized carbons (Fsp3) is 1.00. The molecule has 1 saturated heterocycles. The Morgan fingerprint density at radius 3 is 2.21 bits per heavy atom. The average Bonchev–Trinajstić information content (AvgIpc) is 2.46. The molecule has 3 aliphatic carbocycles. The van der Waals surface area contributed by atoms with E-state index in [9.17, 15) is 4.46 Å². The Hall–Kier alpha value is -0.383. The lowest BCUT2D eigenvalue weighted by Crippen LogP contribution is -2.68. The molecule has 0 unspecified atom stereocenters. The highest BCUT2D eigenvalue weighted by Crippen LogP contribution is 2.64. The molecule has 1 spiro atoms. The van der Waals surface area contributed by atoms with Crippen LogP contribution in [0.5, 0.6) is 0 Å². The minimum absolute atomic E-state index is 0.0211. The molecule has 3 nitrogen and oxygen atoms in total. The molecule has 1 aliphatic heterocycles. The van der Waals surface area contributed by atoms with Crippen molar-refractivity contribution in [1.82, 2.24) is 0 Å². The van der Waals surface area contributed by atoms with Crippen LogP contribution in [-0.4, -0.2) is 15.0 Å². The number of rotatable bonds is 0. The normalized spacial score (nSPS) is 49.0. The third kappa shape index (κ3) is 2.13. The monoisotopic (exact) mass is 350 g/mol. The topological polar surface area (TPSA) is 35.5 Å². The number of hydrogen-bond acceptors (Lipinski definition) is 3. The molecule has 2 bridgehead atoms. The molecule has 1 heterocycles. The van der Waals surface area contributed by atoms with Gasteiger partial charge in [0.1, 0.15) is 0 Å². The van der Waals surface area contributed by atoms with Crippen molar-refractivity contribution in [3.05, 3.63) is 0 Å². The predicted octanol–water partition coefficient (Wildman–Crippen LogP) is 5.07. The van der Waals surface area contributed by atoms with Gasteiger partial charge in [-0.15, -0.1) is 0 Å². The average molecular weight is 351 g/mol. The van der Waals surface area contributed by atoms with E-state index in [0.717, 1.165) is 37.0 Å². The standard InChI is InChI=1S/C20H34O3Si/c1-13-6-7-15-12-17-14(2)8-11-20(22-24(21)23-20)19(17,5)10-9-16(13)18(15,3)4/h13-17H,6-12H2,1-5H3/t13-,14-,15+,16+,17-,19+/m1/s1. The van der Waals surface area contributed by atoms with Gasteiger partial charge in [-0.2, -0.15) is 0 Å². The van der Waals surface area contributed by atoms with Gasteiger partial charge in [-0.1, -0.05) is 41.0 Å². The predicted molar refractivity (Wildman–Crippen MR) is 94.3 cm³/mol. The van der Waals surface area contributed by atoms with Gasteiger partial charge in [0.2, 0.25) is 5.79 Å². The second-order valence-electron chi connectivity index (χ2n) is 10.2. The number of fused-ring (bicyclic) bond motifs is 4. The first-order valence-electron chi connectivity index (χ1n) is 10.1. The molecular formula is C20H34O3Si. The van der Waals surface area contributed by atoms with Crippen LogP contribution in [0.3, 0.4) is 0 Å².